The van der Waals surface area contributed by atoms with Gasteiger partial charge in [0, 0.05) is 6.42 Å². The third-order valence-electron chi connectivity index (χ3n) is 3.29. The first kappa shape index (κ1) is 12.1. The van der Waals surface area contributed by atoms with Crippen molar-refractivity contribution in [3.63, 3.8) is 0 Å². The Hall–Kier alpha value is -1.40. The molecule has 1 fully saturated rings. The van der Waals surface area contributed by atoms with Crippen molar-refractivity contribution in [1.82, 2.24) is 0 Å². The first-order chi connectivity index (χ1) is 8.15. The summed E-state index contributed by atoms with van der Waals surface area (Å²) in [5.74, 6) is 0.559. The molecule has 1 aromatic rings. The minimum absolute atomic E-state index is 0.156. The maximum Gasteiger partial charge on any atom is 0.433 e. The van der Waals surface area contributed by atoms with E-state index in [1.165, 1.54) is 23.9 Å². The largest absolute Gasteiger partial charge is 0.433 e. The number of quaternary nitrogens is 2. The number of nitrogens with one attached hydrogen (secondary N) is 2. The zero-order valence-electron chi connectivity index (χ0n) is 10.1. The summed E-state index contributed by atoms with van der Waals surface area (Å²) in [6, 6.07) is 3.15. The van der Waals surface area contributed by atoms with Gasteiger partial charge in [0.25, 0.3) is 0 Å². The SMILES string of the molecule is C[NH+]1CCC[NH+](Cc2ccc([N+](=O)[O-])o2)CC1. The molecule has 0 radical (unpaired) electrons. The molecule has 94 valence electrons. The van der Waals surface area contributed by atoms with Gasteiger partial charge in [-0.2, -0.15) is 0 Å². The third kappa shape index (κ3) is 3.28. The van der Waals surface area contributed by atoms with E-state index in [-0.39, 0.29) is 5.88 Å². The standard InChI is InChI=1S/C11H17N3O3/c1-12-5-2-6-13(8-7-12)9-10-3-4-11(17-10)14(15)16/h3-4H,2,5-9H2,1H3/p+2. The fourth-order valence-corrected chi connectivity index (χ4v) is 2.26. The summed E-state index contributed by atoms with van der Waals surface area (Å²) in [5, 5.41) is 10.5. The Bertz CT molecular complexity index is 391. The van der Waals surface area contributed by atoms with Gasteiger partial charge in [-0.3, -0.25) is 10.1 Å². The van der Waals surface area contributed by atoms with Crippen LogP contribution < -0.4 is 9.80 Å². The summed E-state index contributed by atoms with van der Waals surface area (Å²) < 4.78 is 5.19. The molecule has 17 heavy (non-hydrogen) atoms. The smallest absolute Gasteiger partial charge is 0.400 e. The molecule has 1 aliphatic rings. The Balaban J connectivity index is 1.93. The Morgan fingerprint density at radius 3 is 2.88 bits per heavy atom. The van der Waals surface area contributed by atoms with E-state index in [1.54, 1.807) is 11.0 Å². The Morgan fingerprint density at radius 1 is 1.35 bits per heavy atom. The summed E-state index contributed by atoms with van der Waals surface area (Å²) in [4.78, 5) is 13.0. The first-order valence-corrected chi connectivity index (χ1v) is 6.03. The van der Waals surface area contributed by atoms with Crippen LogP contribution in [0.25, 0.3) is 0 Å². The van der Waals surface area contributed by atoms with Crippen LogP contribution in [0.15, 0.2) is 16.5 Å². The van der Waals surface area contributed by atoms with Crippen LogP contribution >= 0.6 is 0 Å². The molecule has 0 spiro atoms. The number of hydrogen-bond acceptors (Lipinski definition) is 3. The molecule has 2 unspecified atom stereocenters. The van der Waals surface area contributed by atoms with Crippen LogP contribution in [-0.2, 0) is 6.54 Å². The van der Waals surface area contributed by atoms with Crippen molar-refractivity contribution in [2.24, 2.45) is 0 Å². The van der Waals surface area contributed by atoms with E-state index >= 15 is 0 Å². The van der Waals surface area contributed by atoms with Crippen LogP contribution in [-0.4, -0.2) is 38.2 Å². The average molecular weight is 241 g/mol. The number of hydrogen-bond donors (Lipinski definition) is 2. The van der Waals surface area contributed by atoms with E-state index in [0.29, 0.717) is 5.76 Å². The zero-order valence-corrected chi connectivity index (χ0v) is 10.1. The molecule has 2 rings (SSSR count). The van der Waals surface area contributed by atoms with Crippen molar-refractivity contribution in [3.8, 4) is 0 Å². The Labute approximate surface area is 99.9 Å². The second kappa shape index (κ2) is 5.29. The van der Waals surface area contributed by atoms with Crippen LogP contribution in [0, 0.1) is 10.1 Å². The summed E-state index contributed by atoms with van der Waals surface area (Å²) in [6.07, 6.45) is 1.20. The predicted molar refractivity (Wildman–Crippen MR) is 61.0 cm³/mol. The minimum Gasteiger partial charge on any atom is -0.400 e. The van der Waals surface area contributed by atoms with Gasteiger partial charge < -0.3 is 14.2 Å². The number of furan rings is 1. The van der Waals surface area contributed by atoms with E-state index in [4.69, 9.17) is 4.42 Å². The first-order valence-electron chi connectivity index (χ1n) is 6.03. The highest BCUT2D eigenvalue weighted by Gasteiger charge is 2.20. The molecular weight excluding hydrogens is 222 g/mol. The highest BCUT2D eigenvalue weighted by molar-refractivity contribution is 5.17. The number of nitrogens with zero attached hydrogens (tertiary/aromatic N) is 1. The van der Waals surface area contributed by atoms with Gasteiger partial charge >= 0.3 is 5.88 Å². The average Bonchev–Trinajstić information content (AvgIpc) is 2.65. The topological polar surface area (TPSA) is 65.2 Å². The molecule has 0 saturated carbocycles. The molecule has 6 heteroatoms. The number of likely N-dealkylation sites (N-methyl/N-ethyl adjacent to an activating group) is 1. The molecule has 2 N–H and O–H groups in total. The fraction of sp³-hybridized carbons (Fsp3) is 0.636. The van der Waals surface area contributed by atoms with Crippen LogP contribution in [0.2, 0.25) is 0 Å². The second-order valence-electron chi connectivity index (χ2n) is 4.73. The van der Waals surface area contributed by atoms with Crippen LogP contribution in [0.1, 0.15) is 12.2 Å². The van der Waals surface area contributed by atoms with Gasteiger partial charge in [0.15, 0.2) is 5.76 Å². The van der Waals surface area contributed by atoms with Crippen LogP contribution in [0.5, 0.6) is 0 Å². The molecule has 6 nitrogen and oxygen atoms in total. The molecule has 2 heterocycles. The molecule has 1 aromatic heterocycles. The quantitative estimate of drug-likeness (QED) is 0.499. The minimum atomic E-state index is -0.487. The molecule has 0 bridgehead atoms. The second-order valence-corrected chi connectivity index (χ2v) is 4.73. The lowest BCUT2D eigenvalue weighted by Crippen LogP contribution is -3.15. The Kier molecular flexibility index (Phi) is 3.75. The lowest BCUT2D eigenvalue weighted by Gasteiger charge is -2.14. The normalized spacial score (nSPS) is 25.5. The lowest BCUT2D eigenvalue weighted by atomic mass is 10.3. The van der Waals surface area contributed by atoms with Gasteiger partial charge in [0.2, 0.25) is 0 Å². The van der Waals surface area contributed by atoms with Gasteiger partial charge in [-0.15, -0.1) is 0 Å². The summed E-state index contributed by atoms with van der Waals surface area (Å²) >= 11 is 0. The Morgan fingerprint density at radius 2 is 2.18 bits per heavy atom. The zero-order chi connectivity index (χ0) is 12.3. The van der Waals surface area contributed by atoms with E-state index < -0.39 is 4.92 Å². The van der Waals surface area contributed by atoms with E-state index in [2.05, 4.69) is 7.05 Å². The van der Waals surface area contributed by atoms with E-state index in [0.717, 1.165) is 26.2 Å². The molecule has 1 saturated heterocycles. The van der Waals surface area contributed by atoms with Crippen molar-refractivity contribution >= 4 is 5.88 Å². The fourth-order valence-electron chi connectivity index (χ4n) is 2.26. The monoisotopic (exact) mass is 241 g/mol. The van der Waals surface area contributed by atoms with Crippen molar-refractivity contribution in [2.75, 3.05) is 33.2 Å². The number of rotatable bonds is 3. The van der Waals surface area contributed by atoms with Gasteiger partial charge in [-0.25, -0.2) is 0 Å². The molecule has 0 aliphatic carbocycles. The molecule has 2 atom stereocenters. The van der Waals surface area contributed by atoms with Gasteiger partial charge in [0.05, 0.1) is 26.2 Å². The molecule has 1 aliphatic heterocycles. The van der Waals surface area contributed by atoms with Crippen molar-refractivity contribution in [1.29, 1.82) is 0 Å². The molecular formula is C11H19N3O3+2. The maximum atomic E-state index is 10.5. The highest BCUT2D eigenvalue weighted by Crippen LogP contribution is 2.14. The lowest BCUT2D eigenvalue weighted by molar-refractivity contribution is -0.939. The van der Waals surface area contributed by atoms with Gasteiger partial charge in [0.1, 0.15) is 24.6 Å². The maximum absolute atomic E-state index is 10.5. The summed E-state index contributed by atoms with van der Waals surface area (Å²) in [7, 11) is 2.21. The van der Waals surface area contributed by atoms with E-state index in [9.17, 15) is 10.1 Å². The summed E-state index contributed by atoms with van der Waals surface area (Å²) in [6.45, 7) is 5.33. The highest BCUT2D eigenvalue weighted by atomic mass is 16.6. The molecule has 0 amide bonds. The van der Waals surface area contributed by atoms with Gasteiger partial charge in [-0.05, 0) is 6.07 Å². The predicted octanol–water partition coefficient (Wildman–Crippen LogP) is -1.51. The van der Waals surface area contributed by atoms with Crippen molar-refractivity contribution in [2.45, 2.75) is 13.0 Å². The van der Waals surface area contributed by atoms with Crippen molar-refractivity contribution in [3.05, 3.63) is 28.0 Å². The number of nitro groups is 1. The van der Waals surface area contributed by atoms with Crippen LogP contribution in [0.3, 0.4) is 0 Å². The molecule has 0 aromatic carbocycles. The third-order valence-corrected chi connectivity index (χ3v) is 3.29. The van der Waals surface area contributed by atoms with Crippen molar-refractivity contribution < 1.29 is 19.1 Å². The van der Waals surface area contributed by atoms with Gasteiger partial charge in [-0.1, -0.05) is 0 Å². The van der Waals surface area contributed by atoms with E-state index in [1.807, 2.05) is 0 Å². The summed E-state index contributed by atoms with van der Waals surface area (Å²) in [5.41, 5.74) is 0. The van der Waals surface area contributed by atoms with Crippen LogP contribution in [0.4, 0.5) is 5.88 Å².